The van der Waals surface area contributed by atoms with Crippen LogP contribution in [-0.4, -0.2) is 42.5 Å². The van der Waals surface area contributed by atoms with E-state index >= 15 is 0 Å². The van der Waals surface area contributed by atoms with Crippen LogP contribution >= 0.6 is 11.6 Å². The second-order valence-corrected chi connectivity index (χ2v) is 7.21. The first kappa shape index (κ1) is 17.2. The normalized spacial score (nSPS) is 23.2. The molecular weight excluding hydrogens is 328 g/mol. The van der Waals surface area contributed by atoms with E-state index in [1.807, 2.05) is 12.1 Å². The number of ether oxygens (including phenoxy) is 1. The smallest absolute Gasteiger partial charge is 0.240 e. The molecule has 0 saturated carbocycles. The second-order valence-electron chi connectivity index (χ2n) is 6.77. The zero-order valence-electron chi connectivity index (χ0n) is 13.7. The van der Waals surface area contributed by atoms with Gasteiger partial charge in [0.1, 0.15) is 6.04 Å². The number of primary amides is 1. The summed E-state index contributed by atoms with van der Waals surface area (Å²) in [4.78, 5) is 26.8. The predicted octanol–water partition coefficient (Wildman–Crippen LogP) is 2.16. The van der Waals surface area contributed by atoms with Crippen molar-refractivity contribution >= 4 is 23.4 Å². The Labute approximate surface area is 147 Å². The maximum Gasteiger partial charge on any atom is 0.240 e. The van der Waals surface area contributed by atoms with Crippen LogP contribution in [0.4, 0.5) is 0 Å². The van der Waals surface area contributed by atoms with E-state index in [1.165, 1.54) is 0 Å². The minimum absolute atomic E-state index is 0.0494. The van der Waals surface area contributed by atoms with Gasteiger partial charge in [0.25, 0.3) is 0 Å². The molecule has 0 bridgehead atoms. The topological polar surface area (TPSA) is 72.6 Å². The first-order chi connectivity index (χ1) is 11.5. The van der Waals surface area contributed by atoms with Gasteiger partial charge in [-0.2, -0.15) is 0 Å². The average molecular weight is 351 g/mol. The number of rotatable bonds is 3. The molecule has 2 amide bonds. The molecule has 2 heterocycles. The van der Waals surface area contributed by atoms with Crippen molar-refractivity contribution in [2.45, 2.75) is 38.1 Å². The highest BCUT2D eigenvalue weighted by Crippen LogP contribution is 2.44. The quantitative estimate of drug-likeness (QED) is 0.907. The van der Waals surface area contributed by atoms with E-state index in [2.05, 4.69) is 0 Å². The summed E-state index contributed by atoms with van der Waals surface area (Å²) in [6.07, 6.45) is 3.65. The molecule has 0 radical (unpaired) electrons. The van der Waals surface area contributed by atoms with Gasteiger partial charge in [0.2, 0.25) is 11.8 Å². The maximum atomic E-state index is 12.8. The molecule has 1 unspecified atom stereocenters. The minimum atomic E-state index is -0.532. The van der Waals surface area contributed by atoms with Gasteiger partial charge in [-0.25, -0.2) is 0 Å². The Balaban J connectivity index is 1.80. The lowest BCUT2D eigenvalue weighted by Gasteiger charge is -2.50. The third-order valence-corrected chi connectivity index (χ3v) is 5.56. The number of carbonyl (C=O) groups is 2. The number of hydrogen-bond donors (Lipinski definition) is 1. The summed E-state index contributed by atoms with van der Waals surface area (Å²) in [6.45, 7) is 1.84. The number of nitrogens with zero attached hydrogens (tertiary/aromatic N) is 1. The lowest BCUT2D eigenvalue weighted by molar-refractivity contribution is -0.152. The SMILES string of the molecule is NC(=O)C1N(C(=O)Cc2ccc(Cl)cc2)CCCC12CCOCC2. The van der Waals surface area contributed by atoms with Crippen LogP contribution in [0.25, 0.3) is 0 Å². The van der Waals surface area contributed by atoms with E-state index in [1.54, 1.807) is 17.0 Å². The summed E-state index contributed by atoms with van der Waals surface area (Å²) in [5.74, 6) is -0.451. The zero-order chi connectivity index (χ0) is 17.2. The standard InChI is InChI=1S/C18H23ClN2O3/c19-14-4-2-13(3-5-14)12-15(22)21-9-1-6-18(16(21)17(20)23)7-10-24-11-8-18/h2-5,16H,1,6-12H2,(H2,20,23). The molecule has 1 aromatic carbocycles. The van der Waals surface area contributed by atoms with Crippen LogP contribution in [0.2, 0.25) is 5.02 Å². The van der Waals surface area contributed by atoms with Crippen LogP contribution in [-0.2, 0) is 20.7 Å². The van der Waals surface area contributed by atoms with Crippen molar-refractivity contribution < 1.29 is 14.3 Å². The molecule has 2 fully saturated rings. The number of carbonyl (C=O) groups excluding carboxylic acids is 2. The van der Waals surface area contributed by atoms with Gasteiger partial charge in [-0.15, -0.1) is 0 Å². The number of benzene rings is 1. The van der Waals surface area contributed by atoms with Gasteiger partial charge in [0, 0.05) is 30.2 Å². The Hall–Kier alpha value is -1.59. The van der Waals surface area contributed by atoms with Gasteiger partial charge in [0.15, 0.2) is 0 Å². The molecule has 2 aliphatic heterocycles. The molecule has 130 valence electrons. The summed E-state index contributed by atoms with van der Waals surface area (Å²) in [6, 6.07) is 6.69. The van der Waals surface area contributed by atoms with Crippen molar-refractivity contribution in [2.75, 3.05) is 19.8 Å². The van der Waals surface area contributed by atoms with Crippen molar-refractivity contribution in [3.8, 4) is 0 Å². The third kappa shape index (κ3) is 3.42. The summed E-state index contributed by atoms with van der Waals surface area (Å²) >= 11 is 5.89. The predicted molar refractivity (Wildman–Crippen MR) is 91.6 cm³/mol. The summed E-state index contributed by atoms with van der Waals surface area (Å²) < 4.78 is 5.46. The molecule has 3 rings (SSSR count). The fourth-order valence-corrected chi connectivity index (χ4v) is 4.23. The number of nitrogens with two attached hydrogens (primary N) is 1. The molecule has 0 aliphatic carbocycles. The highest BCUT2D eigenvalue weighted by molar-refractivity contribution is 6.30. The summed E-state index contributed by atoms with van der Waals surface area (Å²) in [7, 11) is 0. The number of likely N-dealkylation sites (tertiary alicyclic amines) is 1. The lowest BCUT2D eigenvalue weighted by atomic mass is 9.67. The van der Waals surface area contributed by atoms with E-state index in [0.29, 0.717) is 24.8 Å². The van der Waals surface area contributed by atoms with E-state index < -0.39 is 11.9 Å². The van der Waals surface area contributed by atoms with Gasteiger partial charge < -0.3 is 15.4 Å². The summed E-state index contributed by atoms with van der Waals surface area (Å²) in [5.41, 5.74) is 6.39. The van der Waals surface area contributed by atoms with Crippen LogP contribution in [0.3, 0.4) is 0 Å². The number of halogens is 1. The van der Waals surface area contributed by atoms with Crippen molar-refractivity contribution in [3.05, 3.63) is 34.9 Å². The minimum Gasteiger partial charge on any atom is -0.381 e. The Morgan fingerprint density at radius 3 is 2.50 bits per heavy atom. The van der Waals surface area contributed by atoms with Gasteiger partial charge >= 0.3 is 0 Å². The van der Waals surface area contributed by atoms with Crippen molar-refractivity contribution in [3.63, 3.8) is 0 Å². The third-order valence-electron chi connectivity index (χ3n) is 5.31. The van der Waals surface area contributed by atoms with Crippen molar-refractivity contribution in [2.24, 2.45) is 11.1 Å². The zero-order valence-corrected chi connectivity index (χ0v) is 14.4. The Morgan fingerprint density at radius 2 is 1.88 bits per heavy atom. The first-order valence-electron chi connectivity index (χ1n) is 8.43. The fourth-order valence-electron chi connectivity index (χ4n) is 4.10. The van der Waals surface area contributed by atoms with Crippen LogP contribution in [0.1, 0.15) is 31.2 Å². The molecule has 2 saturated heterocycles. The number of amides is 2. The second kappa shape index (κ2) is 7.11. The molecule has 1 aromatic rings. The molecule has 6 heteroatoms. The van der Waals surface area contributed by atoms with Gasteiger partial charge in [-0.05, 0) is 43.4 Å². The Bertz CT molecular complexity index is 606. The van der Waals surface area contributed by atoms with Crippen LogP contribution < -0.4 is 5.73 Å². The van der Waals surface area contributed by atoms with Crippen LogP contribution in [0.5, 0.6) is 0 Å². The van der Waals surface area contributed by atoms with Crippen molar-refractivity contribution in [1.29, 1.82) is 0 Å². The average Bonchev–Trinajstić information content (AvgIpc) is 2.57. The monoisotopic (exact) mass is 350 g/mol. The molecule has 24 heavy (non-hydrogen) atoms. The van der Waals surface area contributed by atoms with Gasteiger partial charge in [-0.3, -0.25) is 9.59 Å². The first-order valence-corrected chi connectivity index (χ1v) is 8.81. The van der Waals surface area contributed by atoms with Gasteiger partial charge in [0.05, 0.1) is 6.42 Å². The van der Waals surface area contributed by atoms with E-state index in [9.17, 15) is 9.59 Å². The Morgan fingerprint density at radius 1 is 1.21 bits per heavy atom. The summed E-state index contributed by atoms with van der Waals surface area (Å²) in [5, 5.41) is 0.639. The van der Waals surface area contributed by atoms with E-state index in [-0.39, 0.29) is 17.7 Å². The maximum absolute atomic E-state index is 12.8. The molecular formula is C18H23ClN2O3. The molecule has 1 spiro atoms. The van der Waals surface area contributed by atoms with E-state index in [0.717, 1.165) is 31.2 Å². The molecule has 0 aromatic heterocycles. The van der Waals surface area contributed by atoms with Crippen molar-refractivity contribution in [1.82, 2.24) is 4.90 Å². The van der Waals surface area contributed by atoms with Crippen LogP contribution in [0, 0.1) is 5.41 Å². The largest absolute Gasteiger partial charge is 0.381 e. The van der Waals surface area contributed by atoms with Crippen LogP contribution in [0.15, 0.2) is 24.3 Å². The molecule has 5 nitrogen and oxygen atoms in total. The number of piperidine rings is 1. The fraction of sp³-hybridized carbons (Fsp3) is 0.556. The highest BCUT2D eigenvalue weighted by atomic mass is 35.5. The number of hydrogen-bond acceptors (Lipinski definition) is 3. The highest BCUT2D eigenvalue weighted by Gasteiger charge is 2.49. The molecule has 2 N–H and O–H groups in total. The Kier molecular flexibility index (Phi) is 5.11. The molecule has 2 aliphatic rings. The van der Waals surface area contributed by atoms with Gasteiger partial charge in [-0.1, -0.05) is 23.7 Å². The molecule has 1 atom stereocenters. The van der Waals surface area contributed by atoms with E-state index in [4.69, 9.17) is 22.1 Å². The lowest BCUT2D eigenvalue weighted by Crippen LogP contribution is -2.61.